The van der Waals surface area contributed by atoms with Gasteiger partial charge in [0.2, 0.25) is 0 Å². The molecule has 1 aromatic carbocycles. The number of methoxy groups -OCH3 is 2. The van der Waals surface area contributed by atoms with Crippen molar-refractivity contribution in [3.8, 4) is 17.2 Å². The van der Waals surface area contributed by atoms with Gasteiger partial charge in [-0.25, -0.2) is 0 Å². The van der Waals surface area contributed by atoms with E-state index in [1.165, 1.54) is 0 Å². The van der Waals surface area contributed by atoms with E-state index in [9.17, 15) is 0 Å². The Hall–Kier alpha value is -1.64. The average molecular weight is 208 g/mol. The summed E-state index contributed by atoms with van der Waals surface area (Å²) >= 11 is 0. The van der Waals surface area contributed by atoms with Gasteiger partial charge in [-0.1, -0.05) is 12.2 Å². The first-order valence-electron chi connectivity index (χ1n) is 4.77. The summed E-state index contributed by atoms with van der Waals surface area (Å²) in [5, 5.41) is 0. The highest BCUT2D eigenvalue weighted by Crippen LogP contribution is 2.27. The van der Waals surface area contributed by atoms with Gasteiger partial charge in [0.05, 0.1) is 14.2 Å². The maximum absolute atomic E-state index is 5.48. The molecule has 0 unspecified atom stereocenters. The van der Waals surface area contributed by atoms with Crippen molar-refractivity contribution >= 4 is 0 Å². The topological polar surface area (TPSA) is 27.7 Å². The molecular weight excluding hydrogens is 192 g/mol. The van der Waals surface area contributed by atoms with E-state index in [0.717, 1.165) is 17.2 Å². The second-order valence-electron chi connectivity index (χ2n) is 2.93. The predicted octanol–water partition coefficient (Wildman–Crippen LogP) is 2.66. The van der Waals surface area contributed by atoms with Crippen molar-refractivity contribution in [2.45, 2.75) is 6.92 Å². The Morgan fingerprint density at radius 3 is 2.00 bits per heavy atom. The molecular formula is C12H16O3. The quantitative estimate of drug-likeness (QED) is 0.696. The lowest BCUT2D eigenvalue weighted by atomic mass is 10.3. The van der Waals surface area contributed by atoms with Gasteiger partial charge in [-0.05, 0) is 6.92 Å². The highest BCUT2D eigenvalue weighted by molar-refractivity contribution is 5.42. The molecule has 0 aliphatic heterocycles. The zero-order chi connectivity index (χ0) is 11.1. The first-order valence-corrected chi connectivity index (χ1v) is 4.77. The van der Waals surface area contributed by atoms with Crippen LogP contribution in [0.2, 0.25) is 0 Å². The molecule has 0 atom stereocenters. The van der Waals surface area contributed by atoms with Gasteiger partial charge in [-0.3, -0.25) is 0 Å². The molecule has 82 valence electrons. The molecule has 0 saturated carbocycles. The van der Waals surface area contributed by atoms with Crippen molar-refractivity contribution in [3.63, 3.8) is 0 Å². The van der Waals surface area contributed by atoms with Gasteiger partial charge in [0.25, 0.3) is 0 Å². The van der Waals surface area contributed by atoms with Crippen LogP contribution in [-0.2, 0) is 0 Å². The Bertz CT molecular complexity index is 309. The highest BCUT2D eigenvalue weighted by Gasteiger charge is 2.01. The molecule has 1 aromatic rings. The molecule has 0 spiro atoms. The van der Waals surface area contributed by atoms with Crippen LogP contribution in [0.15, 0.2) is 30.4 Å². The van der Waals surface area contributed by atoms with Gasteiger partial charge in [0, 0.05) is 18.2 Å². The maximum Gasteiger partial charge on any atom is 0.127 e. The van der Waals surface area contributed by atoms with Crippen molar-refractivity contribution in [1.82, 2.24) is 0 Å². The van der Waals surface area contributed by atoms with Crippen LogP contribution in [0.1, 0.15) is 6.92 Å². The minimum Gasteiger partial charge on any atom is -0.496 e. The van der Waals surface area contributed by atoms with Gasteiger partial charge >= 0.3 is 0 Å². The van der Waals surface area contributed by atoms with Crippen LogP contribution < -0.4 is 14.2 Å². The minimum absolute atomic E-state index is 0.548. The first-order chi connectivity index (χ1) is 7.30. The molecule has 0 radical (unpaired) electrons. The molecule has 0 heterocycles. The summed E-state index contributed by atoms with van der Waals surface area (Å²) in [5.74, 6) is 2.19. The fraction of sp³-hybridized carbons (Fsp3) is 0.333. The molecule has 3 nitrogen and oxygen atoms in total. The van der Waals surface area contributed by atoms with Gasteiger partial charge in [0.1, 0.15) is 23.9 Å². The van der Waals surface area contributed by atoms with Crippen molar-refractivity contribution in [2.24, 2.45) is 0 Å². The molecule has 0 saturated heterocycles. The van der Waals surface area contributed by atoms with Crippen LogP contribution in [0, 0.1) is 0 Å². The van der Waals surface area contributed by atoms with Gasteiger partial charge in [0.15, 0.2) is 0 Å². The van der Waals surface area contributed by atoms with E-state index in [0.29, 0.717) is 6.61 Å². The van der Waals surface area contributed by atoms with Crippen molar-refractivity contribution in [1.29, 1.82) is 0 Å². The van der Waals surface area contributed by atoms with Crippen LogP contribution >= 0.6 is 0 Å². The summed E-state index contributed by atoms with van der Waals surface area (Å²) in [7, 11) is 3.23. The van der Waals surface area contributed by atoms with Crippen LogP contribution in [-0.4, -0.2) is 20.8 Å². The zero-order valence-corrected chi connectivity index (χ0v) is 9.32. The smallest absolute Gasteiger partial charge is 0.127 e. The Labute approximate surface area is 90.3 Å². The van der Waals surface area contributed by atoms with E-state index in [-0.39, 0.29) is 0 Å². The molecule has 0 aromatic heterocycles. The zero-order valence-electron chi connectivity index (χ0n) is 9.32. The van der Waals surface area contributed by atoms with E-state index in [4.69, 9.17) is 14.2 Å². The molecule has 15 heavy (non-hydrogen) atoms. The second kappa shape index (κ2) is 5.96. The number of hydrogen-bond acceptors (Lipinski definition) is 3. The molecule has 0 fully saturated rings. The normalized spacial score (nSPS) is 10.3. The second-order valence-corrected chi connectivity index (χ2v) is 2.93. The number of allylic oxidation sites excluding steroid dienone is 1. The molecule has 3 heteroatoms. The van der Waals surface area contributed by atoms with E-state index >= 15 is 0 Å². The molecule has 0 aliphatic carbocycles. The van der Waals surface area contributed by atoms with E-state index < -0.39 is 0 Å². The van der Waals surface area contributed by atoms with Gasteiger partial charge in [-0.2, -0.15) is 0 Å². The fourth-order valence-corrected chi connectivity index (χ4v) is 1.11. The molecule has 0 N–H and O–H groups in total. The van der Waals surface area contributed by atoms with Gasteiger partial charge < -0.3 is 14.2 Å². The molecule has 0 aliphatic rings. The summed E-state index contributed by atoms with van der Waals surface area (Å²) in [6.07, 6.45) is 3.88. The van der Waals surface area contributed by atoms with Gasteiger partial charge in [-0.15, -0.1) is 0 Å². The monoisotopic (exact) mass is 208 g/mol. The number of ether oxygens (including phenoxy) is 3. The van der Waals surface area contributed by atoms with Crippen molar-refractivity contribution in [2.75, 3.05) is 20.8 Å². The fourth-order valence-electron chi connectivity index (χ4n) is 1.11. The summed E-state index contributed by atoms with van der Waals surface area (Å²) in [6.45, 7) is 2.50. The van der Waals surface area contributed by atoms with Crippen LogP contribution in [0.5, 0.6) is 17.2 Å². The summed E-state index contributed by atoms with van der Waals surface area (Å²) in [6, 6.07) is 5.46. The lowest BCUT2D eigenvalue weighted by Crippen LogP contribution is -1.95. The SMILES string of the molecule is CC=CCOc1cc(OC)cc(OC)c1. The van der Waals surface area contributed by atoms with Crippen LogP contribution in [0.25, 0.3) is 0 Å². The Morgan fingerprint density at radius 1 is 1.00 bits per heavy atom. The third-order valence-electron chi connectivity index (χ3n) is 1.91. The number of benzene rings is 1. The molecule has 0 amide bonds. The Kier molecular flexibility index (Phi) is 4.54. The van der Waals surface area contributed by atoms with Crippen LogP contribution in [0.3, 0.4) is 0 Å². The summed E-state index contributed by atoms with van der Waals surface area (Å²) in [5.41, 5.74) is 0. The predicted molar refractivity (Wildman–Crippen MR) is 59.9 cm³/mol. The third kappa shape index (κ3) is 3.54. The average Bonchev–Trinajstić information content (AvgIpc) is 2.29. The minimum atomic E-state index is 0.548. The van der Waals surface area contributed by atoms with E-state index in [1.54, 1.807) is 14.2 Å². The van der Waals surface area contributed by atoms with Crippen molar-refractivity contribution in [3.05, 3.63) is 30.4 Å². The Morgan fingerprint density at radius 2 is 1.53 bits per heavy atom. The third-order valence-corrected chi connectivity index (χ3v) is 1.91. The lowest BCUT2D eigenvalue weighted by Gasteiger charge is -2.08. The Balaban J connectivity index is 2.77. The maximum atomic E-state index is 5.48. The highest BCUT2D eigenvalue weighted by atomic mass is 16.5. The largest absolute Gasteiger partial charge is 0.496 e. The molecule has 0 bridgehead atoms. The summed E-state index contributed by atoms with van der Waals surface area (Å²) < 4.78 is 15.7. The molecule has 1 rings (SSSR count). The lowest BCUT2D eigenvalue weighted by molar-refractivity contribution is 0.348. The number of rotatable bonds is 5. The summed E-state index contributed by atoms with van der Waals surface area (Å²) in [4.78, 5) is 0. The van der Waals surface area contributed by atoms with E-state index in [2.05, 4.69) is 0 Å². The van der Waals surface area contributed by atoms with Crippen LogP contribution in [0.4, 0.5) is 0 Å². The number of hydrogen-bond donors (Lipinski definition) is 0. The van der Waals surface area contributed by atoms with Crippen molar-refractivity contribution < 1.29 is 14.2 Å². The standard InChI is InChI=1S/C12H16O3/c1-4-5-6-15-12-8-10(13-2)7-11(9-12)14-3/h4-5,7-9H,6H2,1-3H3. The van der Waals surface area contributed by atoms with E-state index in [1.807, 2.05) is 37.3 Å². The first kappa shape index (κ1) is 11.4.